The number of nitrogens with one attached hydrogen (secondary N) is 1. The van der Waals surface area contributed by atoms with E-state index in [0.29, 0.717) is 12.8 Å². The summed E-state index contributed by atoms with van der Waals surface area (Å²) in [6.07, 6.45) is 43.9. The van der Waals surface area contributed by atoms with Crippen LogP contribution in [0.3, 0.4) is 0 Å². The standard InChI is InChI=1S/C40H71NO3/c1-5-7-9-11-13-15-17-19-21-23-25-27-29-31-33-35-38(42)37(3)40(44,41-4)39(43)36-34-32-30-28-26-24-22-20-18-16-14-12-10-8-6-2/h13-16,19-22,37,41,44H,5-12,17-18,23-36H2,1-4H3/b15-13-,16-14-,21-19-,22-20-. The Morgan fingerprint density at radius 3 is 1.34 bits per heavy atom. The molecule has 4 nitrogen and oxygen atoms in total. The van der Waals surface area contributed by atoms with E-state index < -0.39 is 11.6 Å². The molecule has 0 fully saturated rings. The van der Waals surface area contributed by atoms with Crippen molar-refractivity contribution in [3.8, 4) is 0 Å². The van der Waals surface area contributed by atoms with Crippen LogP contribution < -0.4 is 5.32 Å². The van der Waals surface area contributed by atoms with Crippen molar-refractivity contribution in [2.45, 2.75) is 181 Å². The first-order valence-corrected chi connectivity index (χ1v) is 18.5. The Labute approximate surface area is 273 Å². The van der Waals surface area contributed by atoms with Crippen LogP contribution in [0.2, 0.25) is 0 Å². The number of hydrogen-bond acceptors (Lipinski definition) is 4. The van der Waals surface area contributed by atoms with E-state index in [1.165, 1.54) is 70.6 Å². The first-order valence-electron chi connectivity index (χ1n) is 18.5. The number of carbonyl (C=O) groups excluding carboxylic acids is 2. The molecule has 0 aromatic rings. The highest BCUT2D eigenvalue weighted by molar-refractivity contribution is 5.94. The number of carbonyl (C=O) groups is 2. The summed E-state index contributed by atoms with van der Waals surface area (Å²) >= 11 is 0. The van der Waals surface area contributed by atoms with Crippen LogP contribution in [0.5, 0.6) is 0 Å². The van der Waals surface area contributed by atoms with Gasteiger partial charge in [-0.2, -0.15) is 0 Å². The molecule has 2 N–H and O–H groups in total. The lowest BCUT2D eigenvalue weighted by Gasteiger charge is -2.31. The predicted molar refractivity (Wildman–Crippen MR) is 192 cm³/mol. The highest BCUT2D eigenvalue weighted by Gasteiger charge is 2.42. The first kappa shape index (κ1) is 42.2. The van der Waals surface area contributed by atoms with Crippen LogP contribution in [0.4, 0.5) is 0 Å². The number of allylic oxidation sites excluding steroid dienone is 8. The SMILES string of the molecule is CCCCC/C=C\C/C=C\CCCCCCCC(=O)C(C)C(O)(NC)C(=O)CCCCCCC/C=C\C/C=C\CCCCC. The number of likely N-dealkylation sites (N-methyl/N-ethyl adjacent to an activating group) is 1. The quantitative estimate of drug-likeness (QED) is 0.0450. The summed E-state index contributed by atoms with van der Waals surface area (Å²) in [5.74, 6) is -1.02. The minimum atomic E-state index is -1.76. The number of hydrogen-bond donors (Lipinski definition) is 2. The monoisotopic (exact) mass is 614 g/mol. The molecule has 0 rings (SSSR count). The van der Waals surface area contributed by atoms with Crippen LogP contribution in [0.25, 0.3) is 0 Å². The van der Waals surface area contributed by atoms with E-state index in [4.69, 9.17) is 0 Å². The summed E-state index contributed by atoms with van der Waals surface area (Å²) in [4.78, 5) is 25.7. The van der Waals surface area contributed by atoms with Gasteiger partial charge in [0.25, 0.3) is 0 Å². The number of aliphatic hydroxyl groups is 1. The molecule has 0 saturated carbocycles. The predicted octanol–water partition coefficient (Wildman–Crippen LogP) is 11.3. The maximum absolute atomic E-state index is 12.9. The normalized spacial score (nSPS) is 14.4. The van der Waals surface area contributed by atoms with Gasteiger partial charge in [-0.1, -0.05) is 134 Å². The Kier molecular flexibility index (Phi) is 30.0. The molecule has 0 amide bonds. The number of ketones is 2. The molecule has 0 aliphatic carbocycles. The summed E-state index contributed by atoms with van der Waals surface area (Å²) < 4.78 is 0. The van der Waals surface area contributed by atoms with Crippen LogP contribution in [-0.2, 0) is 9.59 Å². The molecule has 0 saturated heterocycles. The molecule has 0 aliphatic heterocycles. The van der Waals surface area contributed by atoms with Gasteiger partial charge in [0.15, 0.2) is 11.5 Å². The molecule has 0 aliphatic rings. The van der Waals surface area contributed by atoms with Crippen LogP contribution >= 0.6 is 0 Å². The van der Waals surface area contributed by atoms with Gasteiger partial charge in [0.1, 0.15) is 5.78 Å². The Morgan fingerprint density at radius 2 is 0.932 bits per heavy atom. The van der Waals surface area contributed by atoms with Gasteiger partial charge in [0.05, 0.1) is 5.92 Å². The Bertz CT molecular complexity index is 796. The fourth-order valence-corrected chi connectivity index (χ4v) is 5.45. The van der Waals surface area contributed by atoms with Crippen LogP contribution in [0, 0.1) is 5.92 Å². The van der Waals surface area contributed by atoms with Crippen molar-refractivity contribution < 1.29 is 14.7 Å². The van der Waals surface area contributed by atoms with Crippen molar-refractivity contribution in [2.24, 2.45) is 5.92 Å². The summed E-state index contributed by atoms with van der Waals surface area (Å²) in [5.41, 5.74) is -1.76. The number of unbranched alkanes of at least 4 members (excludes halogenated alkanes) is 16. The van der Waals surface area contributed by atoms with Crippen molar-refractivity contribution in [2.75, 3.05) is 7.05 Å². The van der Waals surface area contributed by atoms with Crippen molar-refractivity contribution in [3.05, 3.63) is 48.6 Å². The van der Waals surface area contributed by atoms with E-state index in [-0.39, 0.29) is 11.6 Å². The lowest BCUT2D eigenvalue weighted by Crippen LogP contribution is -2.57. The zero-order valence-corrected chi connectivity index (χ0v) is 29.4. The maximum atomic E-state index is 12.9. The van der Waals surface area contributed by atoms with Crippen molar-refractivity contribution in [3.63, 3.8) is 0 Å². The second-order valence-corrected chi connectivity index (χ2v) is 12.6. The Hall–Kier alpha value is -1.78. The molecule has 0 heterocycles. The van der Waals surface area contributed by atoms with Gasteiger partial charge in [-0.3, -0.25) is 14.9 Å². The zero-order valence-electron chi connectivity index (χ0n) is 29.4. The van der Waals surface area contributed by atoms with Crippen molar-refractivity contribution in [1.29, 1.82) is 0 Å². The van der Waals surface area contributed by atoms with Gasteiger partial charge in [-0.05, 0) is 84.1 Å². The van der Waals surface area contributed by atoms with Gasteiger partial charge in [-0.25, -0.2) is 0 Å². The highest BCUT2D eigenvalue weighted by Crippen LogP contribution is 2.22. The molecule has 4 heteroatoms. The van der Waals surface area contributed by atoms with E-state index in [2.05, 4.69) is 67.8 Å². The lowest BCUT2D eigenvalue weighted by molar-refractivity contribution is -0.153. The molecule has 0 radical (unpaired) electrons. The third-order valence-electron chi connectivity index (χ3n) is 8.64. The molecular weight excluding hydrogens is 542 g/mol. The minimum Gasteiger partial charge on any atom is -0.368 e. The molecule has 254 valence electrons. The molecular formula is C40H71NO3. The molecule has 2 unspecified atom stereocenters. The van der Waals surface area contributed by atoms with Crippen LogP contribution in [0.1, 0.15) is 175 Å². The highest BCUT2D eigenvalue weighted by atomic mass is 16.3. The second kappa shape index (κ2) is 31.2. The summed E-state index contributed by atoms with van der Waals surface area (Å²) in [5, 5.41) is 13.8. The third-order valence-corrected chi connectivity index (χ3v) is 8.64. The topological polar surface area (TPSA) is 66.4 Å². The Morgan fingerprint density at radius 1 is 0.568 bits per heavy atom. The van der Waals surface area contributed by atoms with Gasteiger partial charge in [0, 0.05) is 12.8 Å². The number of Topliss-reactive ketones (excluding diaryl/α,β-unsaturated/α-hetero) is 2. The van der Waals surface area contributed by atoms with E-state index in [1.807, 2.05) is 0 Å². The van der Waals surface area contributed by atoms with E-state index in [9.17, 15) is 14.7 Å². The fraction of sp³-hybridized carbons (Fsp3) is 0.750. The van der Waals surface area contributed by atoms with Crippen molar-refractivity contribution in [1.82, 2.24) is 5.32 Å². The van der Waals surface area contributed by atoms with E-state index in [1.54, 1.807) is 14.0 Å². The molecule has 0 aromatic carbocycles. The Balaban J connectivity index is 3.96. The van der Waals surface area contributed by atoms with Crippen LogP contribution in [-0.4, -0.2) is 29.4 Å². The minimum absolute atomic E-state index is 0.0269. The maximum Gasteiger partial charge on any atom is 0.185 e. The average molecular weight is 614 g/mol. The van der Waals surface area contributed by atoms with Crippen molar-refractivity contribution >= 4 is 11.6 Å². The summed E-state index contributed by atoms with van der Waals surface area (Å²) in [6, 6.07) is 0. The largest absolute Gasteiger partial charge is 0.368 e. The first-order chi connectivity index (χ1) is 21.4. The van der Waals surface area contributed by atoms with Gasteiger partial charge >= 0.3 is 0 Å². The summed E-state index contributed by atoms with van der Waals surface area (Å²) in [6.45, 7) is 6.17. The number of rotatable bonds is 32. The molecule has 0 spiro atoms. The molecule has 2 atom stereocenters. The second-order valence-electron chi connectivity index (χ2n) is 12.6. The zero-order chi connectivity index (χ0) is 32.6. The summed E-state index contributed by atoms with van der Waals surface area (Å²) in [7, 11) is 1.58. The van der Waals surface area contributed by atoms with E-state index in [0.717, 1.165) is 70.6 Å². The third kappa shape index (κ3) is 23.6. The van der Waals surface area contributed by atoms with E-state index >= 15 is 0 Å². The van der Waals surface area contributed by atoms with Gasteiger partial charge < -0.3 is 5.11 Å². The van der Waals surface area contributed by atoms with Crippen LogP contribution in [0.15, 0.2) is 48.6 Å². The smallest absolute Gasteiger partial charge is 0.185 e. The lowest BCUT2D eigenvalue weighted by atomic mass is 9.85. The molecule has 44 heavy (non-hydrogen) atoms. The molecule has 0 aromatic heterocycles. The average Bonchev–Trinajstić information content (AvgIpc) is 3.03. The fourth-order valence-electron chi connectivity index (χ4n) is 5.45. The molecule has 0 bridgehead atoms. The van der Waals surface area contributed by atoms with Gasteiger partial charge in [0.2, 0.25) is 0 Å². The van der Waals surface area contributed by atoms with Gasteiger partial charge in [-0.15, -0.1) is 0 Å².